The van der Waals surface area contributed by atoms with E-state index in [0.717, 1.165) is 4.90 Å². The van der Waals surface area contributed by atoms with Gasteiger partial charge in [-0.1, -0.05) is 0 Å². The Morgan fingerprint density at radius 3 is 2.40 bits per heavy atom. The van der Waals surface area contributed by atoms with Gasteiger partial charge >= 0.3 is 0 Å². The molecule has 1 aromatic carbocycles. The lowest BCUT2D eigenvalue weighted by atomic mass is 9.82. The summed E-state index contributed by atoms with van der Waals surface area (Å²) in [5, 5.41) is 9.13. The molecule has 0 aromatic heterocycles. The van der Waals surface area contributed by atoms with E-state index in [1.807, 2.05) is 0 Å². The molecule has 110 valence electrons. The normalized spacial score (nSPS) is 21.5. The maximum absolute atomic E-state index is 13.5. The lowest BCUT2D eigenvalue weighted by Gasteiger charge is -2.34. The molecule has 0 atom stereocenters. The van der Waals surface area contributed by atoms with Gasteiger partial charge < -0.3 is 10.0 Å². The van der Waals surface area contributed by atoms with Crippen molar-refractivity contribution in [2.24, 2.45) is 5.92 Å². The Balaban J connectivity index is 2.16. The van der Waals surface area contributed by atoms with Crippen LogP contribution in [0.3, 0.4) is 0 Å². The second-order valence-electron chi connectivity index (χ2n) is 5.02. The average molecular weight is 291 g/mol. The summed E-state index contributed by atoms with van der Waals surface area (Å²) < 4.78 is 52.4. The Morgan fingerprint density at radius 1 is 1.25 bits per heavy atom. The molecule has 1 fully saturated rings. The summed E-state index contributed by atoms with van der Waals surface area (Å²) in [6, 6.07) is 0.349. The number of rotatable bonds is 3. The first-order valence-corrected chi connectivity index (χ1v) is 6.07. The molecular weight excluding hydrogens is 278 g/mol. The molecule has 0 radical (unpaired) electrons. The third-order valence-electron chi connectivity index (χ3n) is 3.42. The van der Waals surface area contributed by atoms with E-state index in [-0.39, 0.29) is 12.5 Å². The number of benzene rings is 1. The lowest BCUT2D eigenvalue weighted by molar-refractivity contribution is 0.0264. The van der Waals surface area contributed by atoms with Crippen LogP contribution in [0.1, 0.15) is 23.2 Å². The standard InChI is InChI=1S/C13H13F4NO2/c1-18(5-6-2-7(19)3-6)13(20)8-4-9(14)11(16)12(17)10(8)15/h4,6-7,19H,2-3,5H2,1H3. The van der Waals surface area contributed by atoms with Gasteiger partial charge in [-0.2, -0.15) is 0 Å². The van der Waals surface area contributed by atoms with Crippen molar-refractivity contribution in [2.75, 3.05) is 13.6 Å². The Bertz CT molecular complexity index is 544. The molecule has 0 spiro atoms. The van der Waals surface area contributed by atoms with Crippen molar-refractivity contribution >= 4 is 5.91 Å². The van der Waals surface area contributed by atoms with Gasteiger partial charge in [0.1, 0.15) is 0 Å². The highest BCUT2D eigenvalue weighted by Gasteiger charge is 2.31. The fourth-order valence-corrected chi connectivity index (χ4v) is 2.25. The number of amides is 1. The predicted octanol–water partition coefficient (Wildman–Crippen LogP) is 2.09. The fraction of sp³-hybridized carbons (Fsp3) is 0.462. The van der Waals surface area contributed by atoms with Crippen molar-refractivity contribution < 1.29 is 27.5 Å². The SMILES string of the molecule is CN(CC1CC(O)C1)C(=O)c1cc(F)c(F)c(F)c1F. The number of aliphatic hydroxyl groups is 1. The molecule has 0 heterocycles. The number of aliphatic hydroxyl groups excluding tert-OH is 1. The van der Waals surface area contributed by atoms with Crippen molar-refractivity contribution in [2.45, 2.75) is 18.9 Å². The van der Waals surface area contributed by atoms with E-state index in [1.54, 1.807) is 0 Å². The van der Waals surface area contributed by atoms with Gasteiger partial charge in [0, 0.05) is 13.6 Å². The number of hydrogen-bond acceptors (Lipinski definition) is 2. The molecule has 0 saturated heterocycles. The minimum Gasteiger partial charge on any atom is -0.393 e. The van der Waals surface area contributed by atoms with E-state index in [0.29, 0.717) is 18.9 Å². The van der Waals surface area contributed by atoms with Crippen molar-refractivity contribution in [1.82, 2.24) is 4.90 Å². The third kappa shape index (κ3) is 2.63. The summed E-state index contributed by atoms with van der Waals surface area (Å²) in [5.41, 5.74) is -0.844. The van der Waals surface area contributed by atoms with E-state index in [4.69, 9.17) is 5.11 Å². The summed E-state index contributed by atoms with van der Waals surface area (Å²) in [4.78, 5) is 13.0. The molecule has 1 aliphatic rings. The average Bonchev–Trinajstić information content (AvgIpc) is 2.37. The molecule has 1 amide bonds. The van der Waals surface area contributed by atoms with Crippen molar-refractivity contribution in [3.63, 3.8) is 0 Å². The van der Waals surface area contributed by atoms with Gasteiger partial charge in [0.25, 0.3) is 5.91 Å². The summed E-state index contributed by atoms with van der Waals surface area (Å²) in [6.45, 7) is 0.232. The number of carbonyl (C=O) groups is 1. The smallest absolute Gasteiger partial charge is 0.256 e. The maximum atomic E-state index is 13.5. The molecule has 1 aliphatic carbocycles. The van der Waals surface area contributed by atoms with Crippen LogP contribution < -0.4 is 0 Å². The molecular formula is C13H13F4NO2. The molecule has 1 N–H and O–H groups in total. The second kappa shape index (κ2) is 5.40. The molecule has 0 bridgehead atoms. The third-order valence-corrected chi connectivity index (χ3v) is 3.42. The van der Waals surface area contributed by atoms with Crippen LogP contribution in [0.25, 0.3) is 0 Å². The predicted molar refractivity (Wildman–Crippen MR) is 62.0 cm³/mol. The van der Waals surface area contributed by atoms with Crippen LogP contribution in [0.15, 0.2) is 6.07 Å². The summed E-state index contributed by atoms with van der Waals surface area (Å²) in [5.74, 6) is -8.11. The van der Waals surface area contributed by atoms with Gasteiger partial charge in [-0.3, -0.25) is 4.79 Å². The van der Waals surface area contributed by atoms with Crippen molar-refractivity contribution in [1.29, 1.82) is 0 Å². The largest absolute Gasteiger partial charge is 0.393 e. The van der Waals surface area contributed by atoms with E-state index in [9.17, 15) is 22.4 Å². The summed E-state index contributed by atoms with van der Waals surface area (Å²) >= 11 is 0. The highest BCUT2D eigenvalue weighted by molar-refractivity contribution is 5.94. The zero-order valence-electron chi connectivity index (χ0n) is 10.7. The fourth-order valence-electron chi connectivity index (χ4n) is 2.25. The van der Waals surface area contributed by atoms with Crippen LogP contribution in [0.2, 0.25) is 0 Å². The van der Waals surface area contributed by atoms with E-state index in [1.165, 1.54) is 7.05 Å². The molecule has 20 heavy (non-hydrogen) atoms. The molecule has 2 rings (SSSR count). The monoisotopic (exact) mass is 291 g/mol. The summed E-state index contributed by atoms with van der Waals surface area (Å²) in [7, 11) is 1.35. The van der Waals surface area contributed by atoms with Gasteiger partial charge in [-0.05, 0) is 24.8 Å². The number of hydrogen-bond donors (Lipinski definition) is 1. The minimum absolute atomic E-state index is 0.0668. The van der Waals surface area contributed by atoms with Crippen LogP contribution in [0.5, 0.6) is 0 Å². The molecule has 7 heteroatoms. The first-order valence-electron chi connectivity index (χ1n) is 6.07. The summed E-state index contributed by atoms with van der Waals surface area (Å²) in [6.07, 6.45) is 0.638. The Hall–Kier alpha value is -1.63. The zero-order valence-corrected chi connectivity index (χ0v) is 10.7. The number of halogens is 4. The molecule has 0 unspecified atom stereocenters. The van der Waals surface area contributed by atoms with Crippen molar-refractivity contribution in [3.05, 3.63) is 34.9 Å². The van der Waals surface area contributed by atoms with Crippen molar-refractivity contribution in [3.8, 4) is 0 Å². The topological polar surface area (TPSA) is 40.5 Å². The van der Waals surface area contributed by atoms with E-state index >= 15 is 0 Å². The Morgan fingerprint density at radius 2 is 1.85 bits per heavy atom. The Labute approximate surface area is 112 Å². The lowest BCUT2D eigenvalue weighted by Crippen LogP contribution is -2.39. The zero-order chi connectivity index (χ0) is 15.0. The second-order valence-corrected chi connectivity index (χ2v) is 5.02. The highest BCUT2D eigenvalue weighted by Crippen LogP contribution is 2.28. The number of carbonyl (C=O) groups excluding carboxylic acids is 1. The van der Waals surface area contributed by atoms with Gasteiger partial charge in [-0.25, -0.2) is 17.6 Å². The first-order chi connectivity index (χ1) is 9.31. The maximum Gasteiger partial charge on any atom is 0.256 e. The molecule has 1 aromatic rings. The van der Waals surface area contributed by atoms with Crippen LogP contribution in [-0.2, 0) is 0 Å². The molecule has 0 aliphatic heterocycles. The van der Waals surface area contributed by atoms with E-state index in [2.05, 4.69) is 0 Å². The molecule has 3 nitrogen and oxygen atoms in total. The highest BCUT2D eigenvalue weighted by atomic mass is 19.2. The van der Waals surface area contributed by atoms with Gasteiger partial charge in [0.15, 0.2) is 23.3 Å². The number of nitrogens with zero attached hydrogens (tertiary/aromatic N) is 1. The minimum atomic E-state index is -2.00. The van der Waals surface area contributed by atoms with Gasteiger partial charge in [-0.15, -0.1) is 0 Å². The van der Waals surface area contributed by atoms with Gasteiger partial charge in [0.2, 0.25) is 0 Å². The van der Waals surface area contributed by atoms with Gasteiger partial charge in [0.05, 0.1) is 11.7 Å². The van der Waals surface area contributed by atoms with Crippen LogP contribution in [0, 0.1) is 29.2 Å². The Kier molecular flexibility index (Phi) is 3.99. The first kappa shape index (κ1) is 14.8. The quantitative estimate of drug-likeness (QED) is 0.526. The van der Waals surface area contributed by atoms with E-state index < -0.39 is 40.8 Å². The molecule has 1 saturated carbocycles. The van der Waals surface area contributed by atoms with Crippen LogP contribution in [0.4, 0.5) is 17.6 Å². The van der Waals surface area contributed by atoms with Crippen LogP contribution in [-0.4, -0.2) is 35.6 Å². The van der Waals surface area contributed by atoms with Crippen LogP contribution >= 0.6 is 0 Å².